The molecule has 1 rings (SSSR count). The van der Waals surface area contributed by atoms with Crippen LogP contribution in [0.3, 0.4) is 0 Å². The molecule has 0 saturated heterocycles. The van der Waals surface area contributed by atoms with Crippen LogP contribution in [-0.4, -0.2) is 8.07 Å². The van der Waals surface area contributed by atoms with E-state index in [1.54, 1.807) is 3.88 Å². The van der Waals surface area contributed by atoms with E-state index in [1.807, 2.05) is 0 Å². The monoisotopic (exact) mass is 367 g/mol. The molecular weight excluding hydrogens is 338 g/mol. The van der Waals surface area contributed by atoms with Gasteiger partial charge in [-0.2, -0.15) is 0 Å². The Kier molecular flexibility index (Phi) is 9.91. The van der Waals surface area contributed by atoms with Crippen LogP contribution in [0, 0.1) is 5.92 Å². The molecular formula is C13H30Cl3SiTi. The molecule has 0 aromatic heterocycles. The van der Waals surface area contributed by atoms with Crippen LogP contribution in [0.25, 0.3) is 0 Å². The molecule has 0 spiro atoms. The van der Waals surface area contributed by atoms with E-state index in [9.17, 15) is 0 Å². The van der Waals surface area contributed by atoms with E-state index < -0.39 is 23.4 Å². The van der Waals surface area contributed by atoms with E-state index in [4.69, 9.17) is 0 Å². The second-order valence-electron chi connectivity index (χ2n) is 8.38. The summed E-state index contributed by atoms with van der Waals surface area (Å²) >= 11 is -2.21. The second-order valence-corrected chi connectivity index (χ2v) is 27.3. The Bertz CT molecular complexity index is 312. The average molecular weight is 369 g/mol. The summed E-state index contributed by atoms with van der Waals surface area (Å²) in [6.45, 7) is 7.44. The molecule has 0 aromatic carbocycles. The van der Waals surface area contributed by atoms with E-state index in [-0.39, 0.29) is 37.2 Å². The van der Waals surface area contributed by atoms with Crippen molar-refractivity contribution in [3.8, 4) is 0 Å². The molecule has 0 fully saturated rings. The maximum Gasteiger partial charge on any atom is -0.147 e. The van der Waals surface area contributed by atoms with Crippen molar-refractivity contribution in [2.75, 3.05) is 0 Å². The zero-order valence-corrected chi connectivity index (χ0v) is 17.8. The third kappa shape index (κ3) is 7.77. The van der Waals surface area contributed by atoms with Crippen LogP contribution in [0.1, 0.15) is 0 Å². The number of hydrogen-bond donors (Lipinski definition) is 0. The molecule has 1 aliphatic carbocycles. The van der Waals surface area contributed by atoms with Crippen molar-refractivity contribution in [3.05, 3.63) is 22.1 Å². The molecule has 0 aliphatic heterocycles. The molecule has 0 aromatic rings. The van der Waals surface area contributed by atoms with Crippen molar-refractivity contribution in [3.63, 3.8) is 0 Å². The summed E-state index contributed by atoms with van der Waals surface area (Å²) in [5.41, 5.74) is 0. The molecule has 0 saturated carbocycles. The molecule has 111 valence electrons. The summed E-state index contributed by atoms with van der Waals surface area (Å²) in [7, 11) is -0.937. The van der Waals surface area contributed by atoms with Gasteiger partial charge in [0.1, 0.15) is 0 Å². The Labute approximate surface area is 134 Å². The Morgan fingerprint density at radius 1 is 1.00 bits per heavy atom. The van der Waals surface area contributed by atoms with E-state index in [2.05, 4.69) is 58.8 Å². The SMILES string of the molecule is C[Si](C)(C)CC1C=CC=[C]1[Ti]([CH3])([CH3])([CH3])[CH3].Cl.Cl.Cl. The van der Waals surface area contributed by atoms with Crippen molar-refractivity contribution in [2.24, 2.45) is 5.92 Å². The van der Waals surface area contributed by atoms with Gasteiger partial charge in [-0.15, -0.1) is 37.2 Å². The largest absolute Gasteiger partial charge is 0.147 e. The third-order valence-corrected chi connectivity index (χ3v) is 9.12. The van der Waals surface area contributed by atoms with Crippen LogP contribution in [0.4, 0.5) is 0 Å². The Morgan fingerprint density at radius 2 is 1.44 bits per heavy atom. The third-order valence-electron chi connectivity index (χ3n) is 3.01. The van der Waals surface area contributed by atoms with E-state index in [0.717, 1.165) is 5.92 Å². The van der Waals surface area contributed by atoms with Crippen molar-refractivity contribution in [1.29, 1.82) is 0 Å². The first-order valence-electron chi connectivity index (χ1n) is 6.09. The predicted octanol–water partition coefficient (Wildman–Crippen LogP) is 6.54. The minimum absolute atomic E-state index is 0. The van der Waals surface area contributed by atoms with E-state index in [0.29, 0.717) is 0 Å². The maximum atomic E-state index is 2.53. The number of rotatable bonds is 3. The average Bonchev–Trinajstić information content (AvgIpc) is 2.27. The minimum Gasteiger partial charge on any atom is -0.147 e. The van der Waals surface area contributed by atoms with Crippen LogP contribution in [0.15, 0.2) is 22.1 Å². The van der Waals surface area contributed by atoms with Gasteiger partial charge in [-0.3, -0.25) is 0 Å². The van der Waals surface area contributed by atoms with Gasteiger partial charge in [-0.1, -0.05) is 0 Å². The number of hydrogen-bond acceptors (Lipinski definition) is 0. The standard InChI is InChI=1S/C9H15Si.4CH3.3ClH.Ti/c1-10(2,3)8-9-6-4-5-7-9;;;;;;;;/h4-6,9H,8H2,1-3H3;4*1H3;3*1H;. The Hall–Kier alpha value is 1.28. The van der Waals surface area contributed by atoms with Crippen molar-refractivity contribution < 1.29 is 15.3 Å². The van der Waals surface area contributed by atoms with Crippen molar-refractivity contribution in [1.82, 2.24) is 0 Å². The van der Waals surface area contributed by atoms with E-state index in [1.165, 1.54) is 6.04 Å². The topological polar surface area (TPSA) is 0 Å². The van der Waals surface area contributed by atoms with Gasteiger partial charge in [0.25, 0.3) is 0 Å². The zero-order chi connectivity index (χ0) is 11.9. The molecule has 0 nitrogen and oxygen atoms in total. The second kappa shape index (κ2) is 7.34. The van der Waals surface area contributed by atoms with Crippen LogP contribution in [-0.2, 0) is 15.3 Å². The van der Waals surface area contributed by atoms with Crippen molar-refractivity contribution >= 4 is 45.3 Å². The Morgan fingerprint density at radius 3 is 1.78 bits per heavy atom. The molecule has 0 bridgehead atoms. The molecule has 5 heteroatoms. The summed E-state index contributed by atoms with van der Waals surface area (Å²) < 4.78 is 1.80. The summed E-state index contributed by atoms with van der Waals surface area (Å²) in [5.74, 6) is 0.777. The summed E-state index contributed by atoms with van der Waals surface area (Å²) in [6.07, 6.45) is 7.15. The molecule has 0 N–H and O–H groups in total. The van der Waals surface area contributed by atoms with Gasteiger partial charge in [-0.25, -0.2) is 0 Å². The van der Waals surface area contributed by atoms with Crippen molar-refractivity contribution in [2.45, 2.75) is 46.6 Å². The minimum atomic E-state index is -2.21. The molecule has 1 unspecified atom stereocenters. The molecule has 1 atom stereocenters. The van der Waals surface area contributed by atoms with Gasteiger partial charge in [0.15, 0.2) is 0 Å². The van der Waals surface area contributed by atoms with Gasteiger partial charge in [0, 0.05) is 0 Å². The molecule has 1 aliphatic rings. The smallest absolute Gasteiger partial charge is 0.147 e. The summed E-state index contributed by atoms with van der Waals surface area (Å²) in [6, 6.07) is 1.43. The van der Waals surface area contributed by atoms with Crippen LogP contribution < -0.4 is 0 Å². The maximum absolute atomic E-state index is 2.53. The van der Waals surface area contributed by atoms with Gasteiger partial charge in [-0.05, 0) is 0 Å². The van der Waals surface area contributed by atoms with Gasteiger partial charge < -0.3 is 0 Å². The van der Waals surface area contributed by atoms with Crippen LogP contribution in [0.2, 0.25) is 46.6 Å². The molecule has 18 heavy (non-hydrogen) atoms. The quantitative estimate of drug-likeness (QED) is 0.496. The zero-order valence-electron chi connectivity index (χ0n) is 12.7. The first-order chi connectivity index (χ1) is 6.46. The fourth-order valence-corrected chi connectivity index (χ4v) is 8.24. The van der Waals surface area contributed by atoms with Gasteiger partial charge in [0.2, 0.25) is 0 Å². The summed E-state index contributed by atoms with van der Waals surface area (Å²) in [4.78, 5) is 0. The van der Waals surface area contributed by atoms with Gasteiger partial charge in [0.05, 0.1) is 0 Å². The molecule has 0 amide bonds. The summed E-state index contributed by atoms with van der Waals surface area (Å²) in [5, 5.41) is 10.1. The van der Waals surface area contributed by atoms with Crippen LogP contribution >= 0.6 is 37.2 Å². The first kappa shape index (κ1) is 24.3. The molecule has 0 radical (unpaired) electrons. The fraction of sp³-hybridized carbons (Fsp3) is 0.692. The number of allylic oxidation sites excluding steroid dienone is 4. The Balaban J connectivity index is -0.000000750. The predicted molar refractivity (Wildman–Crippen MR) is 94.1 cm³/mol. The first-order valence-corrected chi connectivity index (χ1v) is 16.8. The molecule has 0 heterocycles. The number of halogens is 3. The normalized spacial score (nSPS) is 20.7. The fourth-order valence-electron chi connectivity index (χ4n) is 2.43. The van der Waals surface area contributed by atoms with E-state index >= 15 is 0 Å². The van der Waals surface area contributed by atoms with Gasteiger partial charge >= 0.3 is 98.0 Å². The van der Waals surface area contributed by atoms with Crippen LogP contribution in [0.5, 0.6) is 0 Å².